The molecule has 0 unspecified atom stereocenters. The maximum absolute atomic E-state index is 4.88. The molecule has 0 saturated heterocycles. The summed E-state index contributed by atoms with van der Waals surface area (Å²) in [4.78, 5) is 8.21. The summed E-state index contributed by atoms with van der Waals surface area (Å²) in [7, 11) is 1.67. The third-order valence-electron chi connectivity index (χ3n) is 1.37. The third-order valence-corrected chi connectivity index (χ3v) is 1.37. The van der Waals surface area contributed by atoms with Gasteiger partial charge in [0, 0.05) is 19.9 Å². The largest absolute Gasteiger partial charge is 0.383 e. The van der Waals surface area contributed by atoms with Crippen molar-refractivity contribution in [2.24, 2.45) is 0 Å². The van der Waals surface area contributed by atoms with Crippen molar-refractivity contribution in [3.8, 4) is 0 Å². The third kappa shape index (κ3) is 2.84. The lowest BCUT2D eigenvalue weighted by atomic mass is 10.5. The van der Waals surface area contributed by atoms with Crippen LogP contribution in [0.4, 0.5) is 5.82 Å². The Morgan fingerprint density at radius 2 is 2.33 bits per heavy atom. The second-order valence-corrected chi connectivity index (χ2v) is 2.47. The molecule has 1 N–H and O–H groups in total. The monoisotopic (exact) mass is 167 g/mol. The predicted molar refractivity (Wildman–Crippen MR) is 47.1 cm³/mol. The summed E-state index contributed by atoms with van der Waals surface area (Å²) in [5.41, 5.74) is 0.914. The first-order valence-corrected chi connectivity index (χ1v) is 3.84. The van der Waals surface area contributed by atoms with Crippen LogP contribution in [0.5, 0.6) is 0 Å². The molecule has 1 heterocycles. The zero-order valence-electron chi connectivity index (χ0n) is 7.37. The molecule has 0 aliphatic heterocycles. The van der Waals surface area contributed by atoms with Crippen molar-refractivity contribution >= 4 is 5.82 Å². The summed E-state index contributed by atoms with van der Waals surface area (Å²) in [5.74, 6) is 0.798. The Kier molecular flexibility index (Phi) is 3.47. The fourth-order valence-corrected chi connectivity index (χ4v) is 0.830. The van der Waals surface area contributed by atoms with Crippen LogP contribution in [-0.2, 0) is 4.74 Å². The average molecular weight is 167 g/mol. The maximum atomic E-state index is 4.88. The number of methoxy groups -OCH3 is 1. The molecule has 66 valence electrons. The van der Waals surface area contributed by atoms with E-state index in [1.165, 1.54) is 0 Å². The Bertz CT molecular complexity index is 239. The molecule has 1 aromatic heterocycles. The van der Waals surface area contributed by atoms with E-state index < -0.39 is 0 Å². The minimum absolute atomic E-state index is 0.676. The van der Waals surface area contributed by atoms with Gasteiger partial charge in [-0.2, -0.15) is 0 Å². The van der Waals surface area contributed by atoms with Gasteiger partial charge in [0.25, 0.3) is 0 Å². The smallest absolute Gasteiger partial charge is 0.144 e. The van der Waals surface area contributed by atoms with Crippen LogP contribution in [0.3, 0.4) is 0 Å². The zero-order chi connectivity index (χ0) is 8.81. The van der Waals surface area contributed by atoms with Crippen LogP contribution in [0, 0.1) is 6.92 Å². The molecule has 12 heavy (non-hydrogen) atoms. The topological polar surface area (TPSA) is 47.0 Å². The molecule has 0 fully saturated rings. The molecule has 4 nitrogen and oxygen atoms in total. The molecule has 0 spiro atoms. The number of rotatable bonds is 4. The number of nitrogens with one attached hydrogen (secondary N) is 1. The van der Waals surface area contributed by atoms with Crippen LogP contribution in [0.15, 0.2) is 12.4 Å². The summed E-state index contributed by atoms with van der Waals surface area (Å²) < 4.78 is 4.88. The lowest BCUT2D eigenvalue weighted by Crippen LogP contribution is -2.09. The van der Waals surface area contributed by atoms with E-state index in [4.69, 9.17) is 4.74 Å². The molecular formula is C8H13N3O. The van der Waals surface area contributed by atoms with Gasteiger partial charge in [0.15, 0.2) is 0 Å². The molecule has 4 heteroatoms. The average Bonchev–Trinajstić information content (AvgIpc) is 2.05. The van der Waals surface area contributed by atoms with Crippen molar-refractivity contribution in [3.05, 3.63) is 18.1 Å². The van der Waals surface area contributed by atoms with Crippen LogP contribution in [0.2, 0.25) is 0 Å². The molecule has 0 aliphatic rings. The second kappa shape index (κ2) is 4.66. The van der Waals surface area contributed by atoms with Gasteiger partial charge < -0.3 is 10.1 Å². The Hall–Kier alpha value is -1.16. The first-order valence-electron chi connectivity index (χ1n) is 3.84. The van der Waals surface area contributed by atoms with Crippen LogP contribution in [0.25, 0.3) is 0 Å². The Labute approximate surface area is 72.0 Å². The first kappa shape index (κ1) is 8.93. The number of hydrogen-bond donors (Lipinski definition) is 1. The van der Waals surface area contributed by atoms with Gasteiger partial charge in [0.05, 0.1) is 18.5 Å². The van der Waals surface area contributed by atoms with Crippen molar-refractivity contribution in [3.63, 3.8) is 0 Å². The van der Waals surface area contributed by atoms with Crippen LogP contribution in [-0.4, -0.2) is 30.2 Å². The Morgan fingerprint density at radius 3 is 3.00 bits per heavy atom. The fourth-order valence-electron chi connectivity index (χ4n) is 0.830. The van der Waals surface area contributed by atoms with Gasteiger partial charge in [-0.25, -0.2) is 4.98 Å². The normalized spacial score (nSPS) is 9.83. The number of nitrogens with zero attached hydrogens (tertiary/aromatic N) is 2. The summed E-state index contributed by atoms with van der Waals surface area (Å²) in [6.45, 7) is 3.35. The number of aryl methyl sites for hydroxylation is 1. The standard InChI is InChI=1S/C8H13N3O/c1-7-5-9-6-8(11-7)10-3-4-12-2/h5-6H,3-4H2,1-2H3,(H,10,11). The highest BCUT2D eigenvalue weighted by atomic mass is 16.5. The van der Waals surface area contributed by atoms with Crippen molar-refractivity contribution in [2.75, 3.05) is 25.6 Å². The minimum Gasteiger partial charge on any atom is -0.383 e. The van der Waals surface area contributed by atoms with E-state index >= 15 is 0 Å². The van der Waals surface area contributed by atoms with E-state index in [-0.39, 0.29) is 0 Å². The van der Waals surface area contributed by atoms with Gasteiger partial charge in [0.1, 0.15) is 5.82 Å². The summed E-state index contributed by atoms with van der Waals surface area (Å²) >= 11 is 0. The Balaban J connectivity index is 2.41. The highest BCUT2D eigenvalue weighted by molar-refractivity contribution is 5.31. The quantitative estimate of drug-likeness (QED) is 0.675. The van der Waals surface area contributed by atoms with Gasteiger partial charge in [-0.1, -0.05) is 0 Å². The lowest BCUT2D eigenvalue weighted by molar-refractivity contribution is 0.210. The SMILES string of the molecule is COCCNc1cncc(C)n1. The predicted octanol–water partition coefficient (Wildman–Crippen LogP) is 0.843. The highest BCUT2D eigenvalue weighted by Gasteiger charge is 1.92. The molecule has 0 saturated carbocycles. The van der Waals surface area contributed by atoms with E-state index in [1.54, 1.807) is 19.5 Å². The van der Waals surface area contributed by atoms with E-state index in [0.29, 0.717) is 6.61 Å². The van der Waals surface area contributed by atoms with Crippen molar-refractivity contribution < 1.29 is 4.74 Å². The van der Waals surface area contributed by atoms with Gasteiger partial charge in [-0.05, 0) is 6.92 Å². The molecular weight excluding hydrogens is 154 g/mol. The second-order valence-electron chi connectivity index (χ2n) is 2.47. The lowest BCUT2D eigenvalue weighted by Gasteiger charge is -2.03. The van der Waals surface area contributed by atoms with Crippen molar-refractivity contribution in [1.82, 2.24) is 9.97 Å². The van der Waals surface area contributed by atoms with E-state index in [2.05, 4.69) is 15.3 Å². The molecule has 1 rings (SSSR count). The summed E-state index contributed by atoms with van der Waals surface area (Å²) in [5, 5.41) is 3.09. The van der Waals surface area contributed by atoms with Crippen molar-refractivity contribution in [1.29, 1.82) is 0 Å². The van der Waals surface area contributed by atoms with E-state index in [9.17, 15) is 0 Å². The van der Waals surface area contributed by atoms with Gasteiger partial charge >= 0.3 is 0 Å². The molecule has 0 aromatic carbocycles. The maximum Gasteiger partial charge on any atom is 0.144 e. The van der Waals surface area contributed by atoms with Crippen LogP contribution < -0.4 is 5.32 Å². The molecule has 1 aromatic rings. The first-order chi connectivity index (χ1) is 5.83. The molecule has 0 amide bonds. The van der Waals surface area contributed by atoms with E-state index in [1.807, 2.05) is 6.92 Å². The number of aromatic nitrogens is 2. The summed E-state index contributed by atoms with van der Waals surface area (Å²) in [6, 6.07) is 0. The van der Waals surface area contributed by atoms with Crippen molar-refractivity contribution in [2.45, 2.75) is 6.92 Å². The van der Waals surface area contributed by atoms with Crippen LogP contribution in [0.1, 0.15) is 5.69 Å². The van der Waals surface area contributed by atoms with Gasteiger partial charge in [0.2, 0.25) is 0 Å². The molecule has 0 radical (unpaired) electrons. The number of hydrogen-bond acceptors (Lipinski definition) is 4. The zero-order valence-corrected chi connectivity index (χ0v) is 7.37. The van der Waals surface area contributed by atoms with Crippen LogP contribution >= 0.6 is 0 Å². The Morgan fingerprint density at radius 1 is 1.50 bits per heavy atom. The highest BCUT2D eigenvalue weighted by Crippen LogP contribution is 1.99. The fraction of sp³-hybridized carbons (Fsp3) is 0.500. The molecule has 0 atom stereocenters. The van der Waals surface area contributed by atoms with E-state index in [0.717, 1.165) is 18.1 Å². The minimum atomic E-state index is 0.676. The number of ether oxygens (including phenoxy) is 1. The van der Waals surface area contributed by atoms with Gasteiger partial charge in [-0.15, -0.1) is 0 Å². The number of anilines is 1. The molecule has 0 bridgehead atoms. The molecule has 0 aliphatic carbocycles. The van der Waals surface area contributed by atoms with Gasteiger partial charge in [-0.3, -0.25) is 4.98 Å². The summed E-state index contributed by atoms with van der Waals surface area (Å²) in [6.07, 6.45) is 3.42.